The summed E-state index contributed by atoms with van der Waals surface area (Å²) in [6.45, 7) is 8.43. The minimum Gasteiger partial charge on any atom is -0.481 e. The molecular formula is C16H26N2O3. The molecule has 1 aliphatic carbocycles. The zero-order valence-corrected chi connectivity index (χ0v) is 13.5. The number of carboxylic acid groups (broad SMARTS) is 1. The summed E-state index contributed by atoms with van der Waals surface area (Å²) in [5, 5.41) is 13.0. The van der Waals surface area contributed by atoms with E-state index in [-0.39, 0.29) is 11.8 Å². The van der Waals surface area contributed by atoms with Crippen molar-refractivity contribution in [3.8, 4) is 0 Å². The van der Waals surface area contributed by atoms with E-state index in [4.69, 9.17) is 9.63 Å². The second kappa shape index (κ2) is 5.78. The quantitative estimate of drug-likeness (QED) is 0.894. The Hall–Kier alpha value is -1.39. The van der Waals surface area contributed by atoms with Crippen molar-refractivity contribution in [2.24, 2.45) is 10.8 Å². The Morgan fingerprint density at radius 3 is 2.57 bits per heavy atom. The lowest BCUT2D eigenvalue weighted by atomic mass is 9.73. The summed E-state index contributed by atoms with van der Waals surface area (Å²) >= 11 is 0. The molecule has 0 saturated heterocycles. The Morgan fingerprint density at radius 2 is 2.00 bits per heavy atom. The molecule has 1 aliphatic rings. The summed E-state index contributed by atoms with van der Waals surface area (Å²) in [7, 11) is 0. The average Bonchev–Trinajstić information content (AvgIpc) is 2.74. The van der Waals surface area contributed by atoms with Crippen LogP contribution in [0.1, 0.15) is 77.4 Å². The first-order valence-corrected chi connectivity index (χ1v) is 7.71. The van der Waals surface area contributed by atoms with Crippen LogP contribution in [0.4, 0.5) is 0 Å². The lowest BCUT2D eigenvalue weighted by Gasteiger charge is -2.32. The molecule has 0 aliphatic heterocycles. The molecule has 5 heteroatoms. The van der Waals surface area contributed by atoms with E-state index >= 15 is 0 Å². The predicted molar refractivity (Wildman–Crippen MR) is 79.0 cm³/mol. The van der Waals surface area contributed by atoms with Crippen molar-refractivity contribution in [3.63, 3.8) is 0 Å². The Bertz CT molecular complexity index is 495. The van der Waals surface area contributed by atoms with Crippen LogP contribution in [0.2, 0.25) is 0 Å². The molecule has 5 nitrogen and oxygen atoms in total. The van der Waals surface area contributed by atoms with Gasteiger partial charge in [-0.3, -0.25) is 4.79 Å². The van der Waals surface area contributed by atoms with Gasteiger partial charge in [-0.15, -0.1) is 0 Å². The van der Waals surface area contributed by atoms with Crippen LogP contribution in [-0.2, 0) is 11.2 Å². The maximum Gasteiger partial charge on any atom is 0.303 e. The molecule has 0 spiro atoms. The van der Waals surface area contributed by atoms with Gasteiger partial charge in [0.1, 0.15) is 0 Å². The summed E-state index contributed by atoms with van der Waals surface area (Å²) in [5.74, 6) is 0.945. The largest absolute Gasteiger partial charge is 0.481 e. The molecule has 1 saturated carbocycles. The molecule has 118 valence electrons. The Balaban J connectivity index is 1.97. The van der Waals surface area contributed by atoms with E-state index in [0.717, 1.165) is 18.7 Å². The van der Waals surface area contributed by atoms with E-state index in [1.54, 1.807) is 0 Å². The van der Waals surface area contributed by atoms with Crippen LogP contribution < -0.4 is 0 Å². The highest BCUT2D eigenvalue weighted by Gasteiger charge is 2.31. The molecule has 1 N–H and O–H groups in total. The summed E-state index contributed by atoms with van der Waals surface area (Å²) in [6.07, 6.45) is 5.18. The molecule has 0 aromatic carbocycles. The molecule has 0 radical (unpaired) electrons. The van der Waals surface area contributed by atoms with Crippen LogP contribution in [0.15, 0.2) is 4.52 Å². The van der Waals surface area contributed by atoms with Crippen molar-refractivity contribution in [2.45, 2.75) is 72.1 Å². The number of carbonyl (C=O) groups is 1. The van der Waals surface area contributed by atoms with Crippen molar-refractivity contribution < 1.29 is 14.4 Å². The van der Waals surface area contributed by atoms with Crippen molar-refractivity contribution in [2.75, 3.05) is 0 Å². The standard InChI is InChI=1S/C16H26N2O3/c1-15(2)7-5-11(6-8-15)14-17-12(21-18-14)9-16(3,4)10-13(19)20/h11H,5-10H2,1-4H3,(H,19,20). The summed E-state index contributed by atoms with van der Waals surface area (Å²) in [6, 6.07) is 0. The fourth-order valence-electron chi connectivity index (χ4n) is 3.04. The van der Waals surface area contributed by atoms with Gasteiger partial charge in [-0.2, -0.15) is 4.98 Å². The molecule has 2 rings (SSSR count). The zero-order valence-electron chi connectivity index (χ0n) is 13.5. The number of hydrogen-bond donors (Lipinski definition) is 1. The maximum absolute atomic E-state index is 10.9. The monoisotopic (exact) mass is 294 g/mol. The molecule has 0 bridgehead atoms. The molecule has 1 aromatic rings. The van der Waals surface area contributed by atoms with Gasteiger partial charge in [0.15, 0.2) is 5.82 Å². The molecule has 1 fully saturated rings. The number of nitrogens with zero attached hydrogens (tertiary/aromatic N) is 2. The van der Waals surface area contributed by atoms with Crippen LogP contribution in [0.3, 0.4) is 0 Å². The van der Waals surface area contributed by atoms with E-state index in [1.807, 2.05) is 13.8 Å². The third-order valence-electron chi connectivity index (χ3n) is 4.45. The van der Waals surface area contributed by atoms with Gasteiger partial charge in [-0.05, 0) is 36.5 Å². The first-order valence-electron chi connectivity index (χ1n) is 7.71. The highest BCUT2D eigenvalue weighted by Crippen LogP contribution is 2.41. The van der Waals surface area contributed by atoms with Crippen LogP contribution in [0, 0.1) is 10.8 Å². The van der Waals surface area contributed by atoms with E-state index < -0.39 is 5.97 Å². The van der Waals surface area contributed by atoms with Gasteiger partial charge in [0.25, 0.3) is 0 Å². The van der Waals surface area contributed by atoms with Gasteiger partial charge in [0.05, 0.1) is 6.42 Å². The smallest absolute Gasteiger partial charge is 0.303 e. The minimum absolute atomic E-state index is 0.0995. The summed E-state index contributed by atoms with van der Waals surface area (Å²) in [5.41, 5.74) is 0.0523. The fraction of sp³-hybridized carbons (Fsp3) is 0.812. The lowest BCUT2D eigenvalue weighted by Crippen LogP contribution is -2.21. The Kier molecular flexibility index (Phi) is 4.40. The molecule has 1 aromatic heterocycles. The van der Waals surface area contributed by atoms with Gasteiger partial charge in [-0.25, -0.2) is 0 Å². The number of carboxylic acids is 1. The lowest BCUT2D eigenvalue weighted by molar-refractivity contribution is -0.139. The maximum atomic E-state index is 10.9. The van der Waals surface area contributed by atoms with Crippen molar-refractivity contribution in [1.29, 1.82) is 0 Å². The van der Waals surface area contributed by atoms with Crippen LogP contribution >= 0.6 is 0 Å². The predicted octanol–water partition coefficient (Wildman–Crippen LogP) is 3.80. The average molecular weight is 294 g/mol. The number of hydrogen-bond acceptors (Lipinski definition) is 4. The number of aliphatic carboxylic acids is 1. The van der Waals surface area contributed by atoms with E-state index in [0.29, 0.717) is 23.6 Å². The van der Waals surface area contributed by atoms with Gasteiger partial charge in [-0.1, -0.05) is 32.9 Å². The molecule has 0 unspecified atom stereocenters. The van der Waals surface area contributed by atoms with Gasteiger partial charge < -0.3 is 9.63 Å². The van der Waals surface area contributed by atoms with Crippen LogP contribution in [0.5, 0.6) is 0 Å². The Morgan fingerprint density at radius 1 is 1.38 bits per heavy atom. The normalized spacial score (nSPS) is 19.6. The minimum atomic E-state index is -0.797. The van der Waals surface area contributed by atoms with E-state index in [9.17, 15) is 4.79 Å². The van der Waals surface area contributed by atoms with Gasteiger partial charge in [0, 0.05) is 12.3 Å². The zero-order chi connectivity index (χ0) is 15.7. The highest BCUT2D eigenvalue weighted by molar-refractivity contribution is 5.67. The van der Waals surface area contributed by atoms with Gasteiger partial charge >= 0.3 is 5.97 Å². The first-order chi connectivity index (χ1) is 9.67. The third kappa shape index (κ3) is 4.55. The molecule has 1 heterocycles. The summed E-state index contributed by atoms with van der Waals surface area (Å²) in [4.78, 5) is 15.4. The number of rotatable bonds is 5. The van der Waals surface area contributed by atoms with Crippen molar-refractivity contribution in [1.82, 2.24) is 10.1 Å². The fourth-order valence-corrected chi connectivity index (χ4v) is 3.04. The molecule has 0 amide bonds. The van der Waals surface area contributed by atoms with Crippen molar-refractivity contribution in [3.05, 3.63) is 11.7 Å². The molecule has 0 atom stereocenters. The highest BCUT2D eigenvalue weighted by atomic mass is 16.5. The molecular weight excluding hydrogens is 268 g/mol. The van der Waals surface area contributed by atoms with E-state index in [1.165, 1.54) is 12.8 Å². The topological polar surface area (TPSA) is 76.2 Å². The first kappa shape index (κ1) is 16.0. The van der Waals surface area contributed by atoms with Crippen LogP contribution in [-0.4, -0.2) is 21.2 Å². The second-order valence-corrected chi connectivity index (χ2v) is 7.90. The summed E-state index contributed by atoms with van der Waals surface area (Å²) < 4.78 is 5.33. The number of aromatic nitrogens is 2. The van der Waals surface area contributed by atoms with Crippen LogP contribution in [0.25, 0.3) is 0 Å². The Labute approximate surface area is 126 Å². The van der Waals surface area contributed by atoms with Gasteiger partial charge in [0.2, 0.25) is 5.89 Å². The molecule has 21 heavy (non-hydrogen) atoms. The third-order valence-corrected chi connectivity index (χ3v) is 4.45. The van der Waals surface area contributed by atoms with Crippen molar-refractivity contribution >= 4 is 5.97 Å². The van der Waals surface area contributed by atoms with E-state index in [2.05, 4.69) is 24.0 Å². The second-order valence-electron chi connectivity index (χ2n) is 7.90. The SMILES string of the molecule is CC1(C)CCC(c2noc(CC(C)(C)CC(=O)O)n2)CC1.